The molecule has 0 bridgehead atoms. The summed E-state index contributed by atoms with van der Waals surface area (Å²) in [7, 11) is -3.68. The highest BCUT2D eigenvalue weighted by atomic mass is 32.2. The molecule has 0 fully saturated rings. The molecule has 0 atom stereocenters. The molecule has 27 heavy (non-hydrogen) atoms. The summed E-state index contributed by atoms with van der Waals surface area (Å²) < 4.78 is 24.8. The van der Waals surface area contributed by atoms with Crippen molar-refractivity contribution in [3.05, 3.63) is 89.4 Å². The number of benzene rings is 2. The lowest BCUT2D eigenvalue weighted by Gasteiger charge is -2.04. The summed E-state index contributed by atoms with van der Waals surface area (Å²) in [5.74, 6) is 0. The first-order valence-corrected chi connectivity index (χ1v) is 10.7. The molecule has 0 radical (unpaired) electrons. The summed E-state index contributed by atoms with van der Waals surface area (Å²) in [6, 6.07) is 20.7. The number of nitrogens with two attached hydrogens (primary N) is 1. The normalized spacial score (nSPS) is 11.6. The van der Waals surface area contributed by atoms with E-state index in [0.29, 0.717) is 6.42 Å². The monoisotopic (exact) mass is 395 g/mol. The second-order valence-electron chi connectivity index (χ2n) is 6.13. The van der Waals surface area contributed by atoms with Crippen LogP contribution < -0.4 is 5.14 Å². The summed E-state index contributed by atoms with van der Waals surface area (Å²) >= 11 is 1.62. The quantitative estimate of drug-likeness (QED) is 0.558. The summed E-state index contributed by atoms with van der Waals surface area (Å²) in [6.45, 7) is 0. The standard InChI is InChI=1S/C20H17N3O2S2/c21-27(24,25)18-10-8-15(9-11-18)13-17-14-23(19-7-4-12-26-19)22-20(17)16-5-2-1-3-6-16/h1-12,14H,13H2,(H2,21,24,25). The molecule has 0 unspecified atom stereocenters. The third kappa shape index (κ3) is 3.85. The van der Waals surface area contributed by atoms with E-state index in [9.17, 15) is 8.42 Å². The summed E-state index contributed by atoms with van der Waals surface area (Å²) in [6.07, 6.45) is 2.67. The van der Waals surface area contributed by atoms with E-state index in [-0.39, 0.29) is 4.90 Å². The molecule has 0 aliphatic rings. The van der Waals surface area contributed by atoms with Crippen LogP contribution in [0.2, 0.25) is 0 Å². The van der Waals surface area contributed by atoms with Gasteiger partial charge in [0.2, 0.25) is 10.0 Å². The van der Waals surface area contributed by atoms with E-state index < -0.39 is 10.0 Å². The molecule has 0 spiro atoms. The molecule has 136 valence electrons. The van der Waals surface area contributed by atoms with Gasteiger partial charge in [0.15, 0.2) is 0 Å². The maximum atomic E-state index is 11.4. The Morgan fingerprint density at radius 3 is 2.33 bits per heavy atom. The van der Waals surface area contributed by atoms with Crippen molar-refractivity contribution in [2.45, 2.75) is 11.3 Å². The van der Waals surface area contributed by atoms with Crippen LogP contribution in [-0.4, -0.2) is 18.2 Å². The van der Waals surface area contributed by atoms with Crippen molar-refractivity contribution >= 4 is 21.4 Å². The Morgan fingerprint density at radius 1 is 0.963 bits per heavy atom. The minimum Gasteiger partial charge on any atom is -0.230 e. The number of thiophene rings is 1. The van der Waals surface area contributed by atoms with Crippen LogP contribution in [0.1, 0.15) is 11.1 Å². The van der Waals surface area contributed by atoms with Crippen molar-refractivity contribution in [1.29, 1.82) is 0 Å². The van der Waals surface area contributed by atoms with E-state index >= 15 is 0 Å². The molecule has 0 saturated heterocycles. The summed E-state index contributed by atoms with van der Waals surface area (Å²) in [5, 5.41) is 13.0. The number of aromatic nitrogens is 2. The number of hydrogen-bond acceptors (Lipinski definition) is 4. The number of rotatable bonds is 5. The smallest absolute Gasteiger partial charge is 0.230 e. The molecule has 7 heteroatoms. The average Bonchev–Trinajstić information content (AvgIpc) is 3.32. The molecule has 0 aliphatic carbocycles. The zero-order valence-electron chi connectivity index (χ0n) is 14.3. The van der Waals surface area contributed by atoms with Crippen LogP contribution in [0.5, 0.6) is 0 Å². The molecule has 2 aromatic carbocycles. The van der Waals surface area contributed by atoms with Gasteiger partial charge in [0.05, 0.1) is 10.6 Å². The summed E-state index contributed by atoms with van der Waals surface area (Å²) in [5.41, 5.74) is 4.02. The SMILES string of the molecule is NS(=O)(=O)c1ccc(Cc2cn(-c3cccs3)nc2-c2ccccc2)cc1. The van der Waals surface area contributed by atoms with Gasteiger partial charge >= 0.3 is 0 Å². The molecule has 4 aromatic rings. The molecular formula is C20H17N3O2S2. The maximum Gasteiger partial charge on any atom is 0.238 e. The van der Waals surface area contributed by atoms with Gasteiger partial charge in [-0.15, -0.1) is 11.3 Å². The van der Waals surface area contributed by atoms with Crippen LogP contribution >= 0.6 is 11.3 Å². The van der Waals surface area contributed by atoms with Gasteiger partial charge < -0.3 is 0 Å². The molecule has 0 amide bonds. The van der Waals surface area contributed by atoms with E-state index in [1.807, 2.05) is 58.7 Å². The van der Waals surface area contributed by atoms with Crippen LogP contribution in [-0.2, 0) is 16.4 Å². The lowest BCUT2D eigenvalue weighted by atomic mass is 10.0. The number of sulfonamides is 1. The predicted octanol–water partition coefficient (Wildman–Crippen LogP) is 3.84. The van der Waals surface area contributed by atoms with Gasteiger partial charge in [-0.2, -0.15) is 5.10 Å². The molecular weight excluding hydrogens is 378 g/mol. The van der Waals surface area contributed by atoms with Crippen molar-refractivity contribution in [2.75, 3.05) is 0 Å². The topological polar surface area (TPSA) is 78.0 Å². The minimum absolute atomic E-state index is 0.115. The van der Waals surface area contributed by atoms with Crippen LogP contribution in [0.15, 0.2) is 83.2 Å². The number of nitrogens with zero attached hydrogens (tertiary/aromatic N) is 2. The highest BCUT2D eigenvalue weighted by molar-refractivity contribution is 7.89. The van der Waals surface area contributed by atoms with Crippen molar-refractivity contribution in [1.82, 2.24) is 9.78 Å². The summed E-state index contributed by atoms with van der Waals surface area (Å²) in [4.78, 5) is 0.115. The fourth-order valence-corrected chi connectivity index (χ4v) is 4.08. The fourth-order valence-electron chi connectivity index (χ4n) is 2.91. The third-order valence-electron chi connectivity index (χ3n) is 4.22. The highest BCUT2D eigenvalue weighted by Crippen LogP contribution is 2.27. The van der Waals surface area contributed by atoms with Gasteiger partial charge in [-0.3, -0.25) is 0 Å². The van der Waals surface area contributed by atoms with E-state index in [2.05, 4.69) is 0 Å². The Bertz CT molecular complexity index is 1150. The zero-order chi connectivity index (χ0) is 18.9. The Morgan fingerprint density at radius 2 is 1.70 bits per heavy atom. The number of primary sulfonamides is 1. The highest BCUT2D eigenvalue weighted by Gasteiger charge is 2.14. The van der Waals surface area contributed by atoms with Gasteiger partial charge in [0.1, 0.15) is 5.00 Å². The Labute approximate surface area is 161 Å². The van der Waals surface area contributed by atoms with Crippen LogP contribution in [0, 0.1) is 0 Å². The van der Waals surface area contributed by atoms with Gasteiger partial charge in [0, 0.05) is 23.7 Å². The van der Waals surface area contributed by atoms with E-state index in [0.717, 1.165) is 27.4 Å². The van der Waals surface area contributed by atoms with Gasteiger partial charge in [-0.05, 0) is 35.2 Å². The van der Waals surface area contributed by atoms with Crippen molar-refractivity contribution < 1.29 is 8.42 Å². The zero-order valence-corrected chi connectivity index (χ0v) is 16.0. The van der Waals surface area contributed by atoms with Gasteiger partial charge in [-0.1, -0.05) is 42.5 Å². The Kier molecular flexibility index (Phi) is 4.65. The average molecular weight is 396 g/mol. The molecule has 4 rings (SSSR count). The lowest BCUT2D eigenvalue weighted by Crippen LogP contribution is -2.11. The first-order chi connectivity index (χ1) is 13.0. The van der Waals surface area contributed by atoms with Crippen molar-refractivity contribution in [3.8, 4) is 16.3 Å². The second kappa shape index (κ2) is 7.11. The Balaban J connectivity index is 1.73. The van der Waals surface area contributed by atoms with Crippen LogP contribution in [0.3, 0.4) is 0 Å². The first kappa shape index (κ1) is 17.7. The molecule has 5 nitrogen and oxygen atoms in total. The largest absolute Gasteiger partial charge is 0.238 e. The predicted molar refractivity (Wildman–Crippen MR) is 107 cm³/mol. The third-order valence-corrected chi connectivity index (χ3v) is 6.00. The van der Waals surface area contributed by atoms with E-state index in [1.54, 1.807) is 23.5 Å². The molecule has 0 aliphatic heterocycles. The molecule has 2 N–H and O–H groups in total. The molecule has 0 saturated carbocycles. The molecule has 2 heterocycles. The second-order valence-corrected chi connectivity index (χ2v) is 8.62. The lowest BCUT2D eigenvalue weighted by molar-refractivity contribution is 0.598. The van der Waals surface area contributed by atoms with E-state index in [1.165, 1.54) is 12.1 Å². The molecule has 2 aromatic heterocycles. The van der Waals surface area contributed by atoms with Crippen molar-refractivity contribution in [2.24, 2.45) is 5.14 Å². The van der Waals surface area contributed by atoms with Gasteiger partial charge in [0.25, 0.3) is 0 Å². The van der Waals surface area contributed by atoms with Crippen LogP contribution in [0.4, 0.5) is 0 Å². The van der Waals surface area contributed by atoms with Crippen LogP contribution in [0.25, 0.3) is 16.3 Å². The van der Waals surface area contributed by atoms with Gasteiger partial charge in [-0.25, -0.2) is 18.2 Å². The fraction of sp³-hybridized carbons (Fsp3) is 0.0500. The maximum absolute atomic E-state index is 11.4. The first-order valence-electron chi connectivity index (χ1n) is 8.30. The number of hydrogen-bond donors (Lipinski definition) is 1. The van der Waals surface area contributed by atoms with E-state index in [4.69, 9.17) is 10.2 Å². The minimum atomic E-state index is -3.68. The Hall–Kier alpha value is -2.74. The van der Waals surface area contributed by atoms with Crippen molar-refractivity contribution in [3.63, 3.8) is 0 Å².